The number of carbonyl (C=O) groups is 1. The van der Waals surface area contributed by atoms with Crippen LogP contribution in [0.15, 0.2) is 48.5 Å². The molecule has 0 amide bonds. The minimum Gasteiger partial charge on any atom is -0.482 e. The van der Waals surface area contributed by atoms with Crippen LogP contribution in [0.4, 0.5) is 0 Å². The van der Waals surface area contributed by atoms with Crippen molar-refractivity contribution in [2.45, 2.75) is 50.7 Å². The van der Waals surface area contributed by atoms with Crippen molar-refractivity contribution in [1.82, 2.24) is 5.32 Å². The van der Waals surface area contributed by atoms with E-state index in [0.717, 1.165) is 31.2 Å². The van der Waals surface area contributed by atoms with Gasteiger partial charge in [0, 0.05) is 17.6 Å². The van der Waals surface area contributed by atoms with Crippen molar-refractivity contribution < 1.29 is 19.4 Å². The van der Waals surface area contributed by atoms with Gasteiger partial charge in [0.25, 0.3) is 0 Å². The van der Waals surface area contributed by atoms with Crippen molar-refractivity contribution in [3.05, 3.63) is 64.7 Å². The highest BCUT2D eigenvalue weighted by Crippen LogP contribution is 2.34. The Hall–Kier alpha value is -1.79. The first-order chi connectivity index (χ1) is 14.5. The molecule has 0 bridgehead atoms. The van der Waals surface area contributed by atoms with E-state index in [1.165, 1.54) is 5.56 Å². The van der Waals surface area contributed by atoms with E-state index in [4.69, 9.17) is 21.1 Å². The SMILES string of the molecule is CCOC(=O)COc1ccc(C2CCCC(NC[C@H](O)c3cccc(Cl)c3)C2)cc1.Cl. The summed E-state index contributed by atoms with van der Waals surface area (Å²) < 4.78 is 10.3. The van der Waals surface area contributed by atoms with E-state index >= 15 is 0 Å². The van der Waals surface area contributed by atoms with Crippen LogP contribution in [0, 0.1) is 0 Å². The Labute approximate surface area is 195 Å². The fraction of sp³-hybridized carbons (Fsp3) is 0.458. The van der Waals surface area contributed by atoms with Crippen molar-refractivity contribution in [2.75, 3.05) is 19.8 Å². The molecule has 0 heterocycles. The second kappa shape index (κ2) is 12.9. The standard InChI is InChI=1S/C24H30ClNO4.ClH/c1-2-29-24(28)16-30-22-11-9-17(10-12-22)18-5-4-8-21(14-18)26-15-23(27)19-6-3-7-20(25)13-19;/h3,6-7,9-13,18,21,23,26-27H,2,4-5,8,14-16H2,1H3;1H/t18?,21?,23-;/m0./s1. The quantitative estimate of drug-likeness (QED) is 0.504. The first-order valence-electron chi connectivity index (χ1n) is 10.6. The van der Waals surface area contributed by atoms with Crippen LogP contribution >= 0.6 is 24.0 Å². The second-order valence-corrected chi connectivity index (χ2v) is 8.14. The van der Waals surface area contributed by atoms with Gasteiger partial charge < -0.3 is 19.9 Å². The summed E-state index contributed by atoms with van der Waals surface area (Å²) >= 11 is 6.02. The minimum atomic E-state index is -0.570. The van der Waals surface area contributed by atoms with Crippen LogP contribution in [-0.2, 0) is 9.53 Å². The normalized spacial score (nSPS) is 19.2. The Kier molecular flexibility index (Phi) is 10.6. The first kappa shape index (κ1) is 25.5. The average molecular weight is 468 g/mol. The molecule has 2 N–H and O–H groups in total. The lowest BCUT2D eigenvalue weighted by atomic mass is 9.81. The zero-order valence-corrected chi connectivity index (χ0v) is 19.3. The Balaban J connectivity index is 0.00000341. The van der Waals surface area contributed by atoms with Gasteiger partial charge in [-0.05, 0) is 67.5 Å². The Morgan fingerprint density at radius 2 is 2.00 bits per heavy atom. The highest BCUT2D eigenvalue weighted by molar-refractivity contribution is 6.30. The van der Waals surface area contributed by atoms with E-state index in [9.17, 15) is 9.90 Å². The van der Waals surface area contributed by atoms with Gasteiger partial charge in [-0.1, -0.05) is 42.3 Å². The molecule has 1 saturated carbocycles. The third kappa shape index (κ3) is 8.00. The Bertz CT molecular complexity index is 815. The van der Waals surface area contributed by atoms with E-state index in [1.807, 2.05) is 36.4 Å². The largest absolute Gasteiger partial charge is 0.482 e. The van der Waals surface area contributed by atoms with Crippen molar-refractivity contribution >= 4 is 30.0 Å². The van der Waals surface area contributed by atoms with E-state index in [2.05, 4.69) is 17.4 Å². The van der Waals surface area contributed by atoms with E-state index in [1.54, 1.807) is 6.92 Å². The molecule has 1 aliphatic rings. The average Bonchev–Trinajstić information content (AvgIpc) is 2.77. The van der Waals surface area contributed by atoms with Crippen LogP contribution in [0.5, 0.6) is 5.75 Å². The number of hydrogen-bond acceptors (Lipinski definition) is 5. The molecule has 1 aliphatic carbocycles. The highest BCUT2D eigenvalue weighted by atomic mass is 35.5. The maximum atomic E-state index is 11.4. The van der Waals surface area contributed by atoms with Gasteiger partial charge in [-0.25, -0.2) is 4.79 Å². The number of nitrogens with one attached hydrogen (secondary N) is 1. The number of aliphatic hydroxyl groups is 1. The maximum Gasteiger partial charge on any atom is 0.344 e. The summed E-state index contributed by atoms with van der Waals surface area (Å²) in [4.78, 5) is 11.4. The predicted octanol–water partition coefficient (Wildman–Crippen LogP) is 5.05. The molecule has 31 heavy (non-hydrogen) atoms. The van der Waals surface area contributed by atoms with E-state index in [-0.39, 0.29) is 25.0 Å². The second-order valence-electron chi connectivity index (χ2n) is 7.70. The lowest BCUT2D eigenvalue weighted by molar-refractivity contribution is -0.145. The van der Waals surface area contributed by atoms with Gasteiger partial charge in [0.1, 0.15) is 5.75 Å². The minimum absolute atomic E-state index is 0. The molecule has 170 valence electrons. The van der Waals surface area contributed by atoms with Crippen LogP contribution < -0.4 is 10.1 Å². The fourth-order valence-corrected chi connectivity index (χ4v) is 4.17. The molecule has 0 radical (unpaired) electrons. The summed E-state index contributed by atoms with van der Waals surface area (Å²) in [6.07, 6.45) is 3.87. The summed E-state index contributed by atoms with van der Waals surface area (Å²) in [7, 11) is 0. The van der Waals surface area contributed by atoms with Gasteiger partial charge >= 0.3 is 5.97 Å². The number of benzene rings is 2. The molecular formula is C24H31Cl2NO4. The van der Waals surface area contributed by atoms with Gasteiger partial charge in [0.15, 0.2) is 6.61 Å². The molecular weight excluding hydrogens is 437 g/mol. The van der Waals surface area contributed by atoms with E-state index < -0.39 is 6.10 Å². The molecule has 3 rings (SSSR count). The monoisotopic (exact) mass is 467 g/mol. The van der Waals surface area contributed by atoms with Gasteiger partial charge in [0.05, 0.1) is 12.7 Å². The van der Waals surface area contributed by atoms with Crippen LogP contribution in [-0.4, -0.2) is 36.9 Å². The summed E-state index contributed by atoms with van der Waals surface area (Å²) in [5, 5.41) is 14.6. The topological polar surface area (TPSA) is 67.8 Å². The van der Waals surface area contributed by atoms with Gasteiger partial charge in [-0.2, -0.15) is 0 Å². The molecule has 3 atom stereocenters. The molecule has 1 fully saturated rings. The number of halogens is 2. The van der Waals surface area contributed by atoms with Crippen molar-refractivity contribution in [2.24, 2.45) is 0 Å². The van der Waals surface area contributed by atoms with Crippen molar-refractivity contribution in [3.8, 4) is 5.75 Å². The van der Waals surface area contributed by atoms with Crippen molar-refractivity contribution in [3.63, 3.8) is 0 Å². The number of carbonyl (C=O) groups excluding carboxylic acids is 1. The molecule has 2 unspecified atom stereocenters. The molecule has 2 aromatic rings. The summed E-state index contributed by atoms with van der Waals surface area (Å²) in [5.41, 5.74) is 2.11. The molecule has 0 spiro atoms. The number of hydrogen-bond donors (Lipinski definition) is 2. The smallest absolute Gasteiger partial charge is 0.344 e. The summed E-state index contributed by atoms with van der Waals surface area (Å²) in [6, 6.07) is 15.7. The lowest BCUT2D eigenvalue weighted by Crippen LogP contribution is -2.36. The molecule has 5 nitrogen and oxygen atoms in total. The first-order valence-corrected chi connectivity index (χ1v) is 11.0. The third-order valence-electron chi connectivity index (χ3n) is 5.52. The third-order valence-corrected chi connectivity index (χ3v) is 5.76. The summed E-state index contributed by atoms with van der Waals surface area (Å²) in [5.74, 6) is 0.781. The molecule has 0 saturated heterocycles. The zero-order chi connectivity index (χ0) is 21.3. The lowest BCUT2D eigenvalue weighted by Gasteiger charge is -2.31. The Morgan fingerprint density at radius 3 is 2.71 bits per heavy atom. The molecule has 2 aromatic carbocycles. The van der Waals surface area contributed by atoms with Gasteiger partial charge in [-0.3, -0.25) is 0 Å². The molecule has 0 aliphatic heterocycles. The fourth-order valence-electron chi connectivity index (χ4n) is 3.97. The number of aliphatic hydroxyl groups excluding tert-OH is 1. The molecule has 0 aromatic heterocycles. The molecule has 7 heteroatoms. The van der Waals surface area contributed by atoms with Crippen LogP contribution in [0.1, 0.15) is 55.8 Å². The highest BCUT2D eigenvalue weighted by Gasteiger charge is 2.23. The van der Waals surface area contributed by atoms with Crippen LogP contribution in [0.3, 0.4) is 0 Å². The van der Waals surface area contributed by atoms with Crippen LogP contribution in [0.25, 0.3) is 0 Å². The van der Waals surface area contributed by atoms with Gasteiger partial charge in [0.2, 0.25) is 0 Å². The van der Waals surface area contributed by atoms with Crippen molar-refractivity contribution in [1.29, 1.82) is 0 Å². The van der Waals surface area contributed by atoms with Crippen LogP contribution in [0.2, 0.25) is 5.02 Å². The predicted molar refractivity (Wildman–Crippen MR) is 125 cm³/mol. The number of ether oxygens (including phenoxy) is 2. The Morgan fingerprint density at radius 1 is 1.23 bits per heavy atom. The summed E-state index contributed by atoms with van der Waals surface area (Å²) in [6.45, 7) is 2.57. The number of rotatable bonds is 9. The number of esters is 1. The van der Waals surface area contributed by atoms with E-state index in [0.29, 0.717) is 35.9 Å². The maximum absolute atomic E-state index is 11.4. The zero-order valence-electron chi connectivity index (χ0n) is 17.8. The van der Waals surface area contributed by atoms with Gasteiger partial charge in [-0.15, -0.1) is 12.4 Å².